The van der Waals surface area contributed by atoms with Gasteiger partial charge in [0.1, 0.15) is 10.6 Å². The third-order valence-corrected chi connectivity index (χ3v) is 5.42. The maximum absolute atomic E-state index is 12.4. The zero-order valence-electron chi connectivity index (χ0n) is 10.7. The summed E-state index contributed by atoms with van der Waals surface area (Å²) < 4.78 is 33.9. The minimum absolute atomic E-state index is 0.00519. The molecule has 21 heavy (non-hydrogen) atoms. The van der Waals surface area contributed by atoms with Crippen LogP contribution in [0.3, 0.4) is 0 Å². The van der Waals surface area contributed by atoms with E-state index in [2.05, 4.69) is 36.6 Å². The fraction of sp³-hybridized carbons (Fsp3) is 0.0769. The summed E-state index contributed by atoms with van der Waals surface area (Å²) in [6.07, 6.45) is 0. The number of hydrogen-bond donors (Lipinski definition) is 1. The van der Waals surface area contributed by atoms with E-state index in [0.29, 0.717) is 15.9 Å². The van der Waals surface area contributed by atoms with Crippen molar-refractivity contribution in [1.82, 2.24) is 0 Å². The van der Waals surface area contributed by atoms with Crippen molar-refractivity contribution < 1.29 is 13.2 Å². The molecule has 0 aliphatic rings. The quantitative estimate of drug-likeness (QED) is 0.729. The van der Waals surface area contributed by atoms with Crippen molar-refractivity contribution in [3.63, 3.8) is 0 Å². The fourth-order valence-electron chi connectivity index (χ4n) is 1.65. The van der Waals surface area contributed by atoms with Crippen LogP contribution in [0, 0.1) is 0 Å². The highest BCUT2D eigenvalue weighted by Crippen LogP contribution is 2.32. The van der Waals surface area contributed by atoms with Crippen LogP contribution in [0.5, 0.6) is 5.75 Å². The number of rotatable bonds is 4. The lowest BCUT2D eigenvalue weighted by molar-refractivity contribution is 0.417. The van der Waals surface area contributed by atoms with E-state index in [1.54, 1.807) is 24.3 Å². The average molecular weight is 456 g/mol. The highest BCUT2D eigenvalue weighted by molar-refractivity contribution is 9.10. The van der Waals surface area contributed by atoms with E-state index in [-0.39, 0.29) is 9.92 Å². The highest BCUT2D eigenvalue weighted by Gasteiger charge is 2.20. The van der Waals surface area contributed by atoms with Crippen LogP contribution in [0.4, 0.5) is 5.69 Å². The van der Waals surface area contributed by atoms with Gasteiger partial charge in [0, 0.05) is 8.95 Å². The van der Waals surface area contributed by atoms with Gasteiger partial charge in [-0.15, -0.1) is 0 Å². The molecule has 2 aromatic carbocycles. The van der Waals surface area contributed by atoms with Crippen LogP contribution < -0.4 is 9.46 Å². The van der Waals surface area contributed by atoms with Crippen molar-refractivity contribution in [2.24, 2.45) is 0 Å². The molecule has 0 atom stereocenters. The minimum Gasteiger partial charge on any atom is -0.495 e. The highest BCUT2D eigenvalue weighted by atomic mass is 79.9. The molecule has 0 saturated heterocycles. The van der Waals surface area contributed by atoms with Crippen molar-refractivity contribution in [1.29, 1.82) is 0 Å². The van der Waals surface area contributed by atoms with Gasteiger partial charge in [-0.25, -0.2) is 8.42 Å². The number of methoxy groups -OCH3 is 1. The Bertz CT molecular complexity index is 781. The van der Waals surface area contributed by atoms with Gasteiger partial charge in [-0.05, 0) is 36.4 Å². The Morgan fingerprint density at radius 3 is 2.33 bits per heavy atom. The van der Waals surface area contributed by atoms with Crippen molar-refractivity contribution in [2.75, 3.05) is 11.8 Å². The molecule has 0 bridgehead atoms. The summed E-state index contributed by atoms with van der Waals surface area (Å²) in [5.74, 6) is 0.412. The fourth-order valence-corrected chi connectivity index (χ4v) is 4.11. The maximum Gasteiger partial charge on any atom is 0.263 e. The summed E-state index contributed by atoms with van der Waals surface area (Å²) in [6, 6.07) is 9.59. The summed E-state index contributed by atoms with van der Waals surface area (Å²) in [7, 11) is -2.35. The Morgan fingerprint density at radius 2 is 1.71 bits per heavy atom. The molecule has 4 nitrogen and oxygen atoms in total. The van der Waals surface area contributed by atoms with Crippen LogP contribution in [0.2, 0.25) is 5.02 Å². The Balaban J connectivity index is 2.44. The molecule has 0 heterocycles. The standard InChI is InChI=1S/C13H10Br2ClNO3S/c1-20-12-4-2-9(15)7-11(12)17-21(18,19)13-5-3-8(14)6-10(13)16/h2-7,17H,1H3. The Morgan fingerprint density at radius 1 is 1.10 bits per heavy atom. The first-order chi connectivity index (χ1) is 9.83. The van der Waals surface area contributed by atoms with Gasteiger partial charge in [0.25, 0.3) is 10.0 Å². The largest absolute Gasteiger partial charge is 0.495 e. The van der Waals surface area contributed by atoms with Crippen molar-refractivity contribution in [3.05, 3.63) is 50.4 Å². The summed E-state index contributed by atoms with van der Waals surface area (Å²) in [5.41, 5.74) is 0.325. The monoisotopic (exact) mass is 453 g/mol. The molecule has 0 aliphatic heterocycles. The lowest BCUT2D eigenvalue weighted by Crippen LogP contribution is -2.14. The summed E-state index contributed by atoms with van der Waals surface area (Å²) in [5, 5.41) is 0.130. The van der Waals surface area contributed by atoms with Gasteiger partial charge >= 0.3 is 0 Å². The normalized spacial score (nSPS) is 11.2. The van der Waals surface area contributed by atoms with Gasteiger partial charge in [0.15, 0.2) is 0 Å². The number of anilines is 1. The number of ether oxygens (including phenoxy) is 1. The number of nitrogens with one attached hydrogen (secondary N) is 1. The minimum atomic E-state index is -3.81. The molecule has 0 fully saturated rings. The molecule has 0 radical (unpaired) electrons. The van der Waals surface area contributed by atoms with Gasteiger partial charge in [0.2, 0.25) is 0 Å². The number of benzene rings is 2. The van der Waals surface area contributed by atoms with Gasteiger partial charge in [-0.2, -0.15) is 0 Å². The molecule has 1 N–H and O–H groups in total. The molecule has 0 saturated carbocycles. The predicted molar refractivity (Wildman–Crippen MR) is 90.7 cm³/mol. The molecule has 0 aromatic heterocycles. The smallest absolute Gasteiger partial charge is 0.263 e. The van der Waals surface area contributed by atoms with E-state index in [0.717, 1.165) is 4.47 Å². The molecular weight excluding hydrogens is 445 g/mol. The van der Waals surface area contributed by atoms with Crippen LogP contribution in [-0.4, -0.2) is 15.5 Å². The molecule has 0 spiro atoms. The lowest BCUT2D eigenvalue weighted by atomic mass is 10.3. The first kappa shape index (κ1) is 16.6. The van der Waals surface area contributed by atoms with Crippen LogP contribution in [0.1, 0.15) is 0 Å². The van der Waals surface area contributed by atoms with Gasteiger partial charge in [-0.3, -0.25) is 4.72 Å². The topological polar surface area (TPSA) is 55.4 Å². The number of hydrogen-bond acceptors (Lipinski definition) is 3. The molecule has 8 heteroatoms. The zero-order chi connectivity index (χ0) is 15.6. The van der Waals surface area contributed by atoms with Gasteiger partial charge < -0.3 is 4.74 Å². The third-order valence-electron chi connectivity index (χ3n) is 2.59. The van der Waals surface area contributed by atoms with E-state index >= 15 is 0 Å². The average Bonchev–Trinajstić information content (AvgIpc) is 2.37. The maximum atomic E-state index is 12.4. The SMILES string of the molecule is COc1ccc(Br)cc1NS(=O)(=O)c1ccc(Br)cc1Cl. The van der Waals surface area contributed by atoms with Crippen molar-refractivity contribution in [3.8, 4) is 5.75 Å². The summed E-state index contributed by atoms with van der Waals surface area (Å²) in [6.45, 7) is 0. The van der Waals surface area contributed by atoms with E-state index in [1.165, 1.54) is 19.2 Å². The molecule has 0 unspecified atom stereocenters. The molecule has 112 valence electrons. The zero-order valence-corrected chi connectivity index (χ0v) is 15.5. The second-order valence-electron chi connectivity index (χ2n) is 4.02. The number of halogens is 3. The number of sulfonamides is 1. The molecular formula is C13H10Br2ClNO3S. The van der Waals surface area contributed by atoms with Gasteiger partial charge in [0.05, 0.1) is 17.8 Å². The van der Waals surface area contributed by atoms with Gasteiger partial charge in [-0.1, -0.05) is 43.5 Å². The second-order valence-corrected chi connectivity index (χ2v) is 7.91. The third kappa shape index (κ3) is 3.91. The molecule has 0 amide bonds. The molecule has 2 rings (SSSR count). The molecule has 2 aromatic rings. The van der Waals surface area contributed by atoms with Crippen molar-refractivity contribution >= 4 is 59.2 Å². The van der Waals surface area contributed by atoms with E-state index < -0.39 is 10.0 Å². The van der Waals surface area contributed by atoms with E-state index in [4.69, 9.17) is 16.3 Å². The van der Waals surface area contributed by atoms with E-state index in [1.807, 2.05) is 0 Å². The summed E-state index contributed by atoms with van der Waals surface area (Å²) >= 11 is 12.5. The summed E-state index contributed by atoms with van der Waals surface area (Å²) in [4.78, 5) is -0.00519. The first-order valence-electron chi connectivity index (χ1n) is 5.65. The molecule has 0 aliphatic carbocycles. The second kappa shape index (κ2) is 6.56. The first-order valence-corrected chi connectivity index (χ1v) is 9.09. The predicted octanol–water partition coefficient (Wildman–Crippen LogP) is 4.67. The lowest BCUT2D eigenvalue weighted by Gasteiger charge is -2.13. The van der Waals surface area contributed by atoms with Crippen LogP contribution >= 0.6 is 43.5 Å². The van der Waals surface area contributed by atoms with Crippen LogP contribution in [-0.2, 0) is 10.0 Å². The van der Waals surface area contributed by atoms with Crippen LogP contribution in [0.25, 0.3) is 0 Å². The Kier molecular flexibility index (Phi) is 5.19. The Hall–Kier alpha value is -0.760. The van der Waals surface area contributed by atoms with Crippen molar-refractivity contribution in [2.45, 2.75) is 4.90 Å². The Labute approximate surface area is 144 Å². The van der Waals surface area contributed by atoms with E-state index in [9.17, 15) is 8.42 Å². The van der Waals surface area contributed by atoms with Crippen LogP contribution in [0.15, 0.2) is 50.2 Å².